The molecule has 1 fully saturated rings. The Morgan fingerprint density at radius 2 is 2.25 bits per heavy atom. The number of hydrogen-bond donors (Lipinski definition) is 0. The highest BCUT2D eigenvalue weighted by atomic mass is 32.1. The third-order valence-electron chi connectivity index (χ3n) is 4.36. The second-order valence-corrected chi connectivity index (χ2v) is 7.39. The first-order valence-electron chi connectivity index (χ1n) is 8.28. The molecule has 0 bridgehead atoms. The molecule has 0 aliphatic carbocycles. The molecular formula is C19H23N3OS. The van der Waals surface area contributed by atoms with Gasteiger partial charge < -0.3 is 4.90 Å². The van der Waals surface area contributed by atoms with Crippen LogP contribution < -0.4 is 0 Å². The third-order valence-corrected chi connectivity index (χ3v) is 5.26. The maximum Gasteiger partial charge on any atom is 0.266 e. The molecule has 2 heterocycles. The number of nitrogens with zero attached hydrogens (tertiary/aromatic N) is 3. The van der Waals surface area contributed by atoms with Crippen molar-refractivity contribution in [3.63, 3.8) is 0 Å². The van der Waals surface area contributed by atoms with Crippen LogP contribution in [0.4, 0.5) is 0 Å². The van der Waals surface area contributed by atoms with Crippen molar-refractivity contribution in [1.82, 2.24) is 14.8 Å². The molecule has 0 saturated carbocycles. The van der Waals surface area contributed by atoms with Gasteiger partial charge in [0.25, 0.3) is 5.91 Å². The normalized spacial score (nSPS) is 17.8. The van der Waals surface area contributed by atoms with Crippen LogP contribution in [0.15, 0.2) is 49.2 Å². The molecule has 1 aliphatic rings. The van der Waals surface area contributed by atoms with E-state index in [0.717, 1.165) is 35.9 Å². The van der Waals surface area contributed by atoms with Crippen LogP contribution in [-0.2, 0) is 6.54 Å². The summed E-state index contributed by atoms with van der Waals surface area (Å²) in [6.07, 6.45) is 4.50. The average molecular weight is 341 g/mol. The Morgan fingerprint density at radius 1 is 1.46 bits per heavy atom. The summed E-state index contributed by atoms with van der Waals surface area (Å²) in [6.45, 7) is 9.19. The van der Waals surface area contributed by atoms with Crippen LogP contribution in [0.2, 0.25) is 0 Å². The number of amides is 1. The molecule has 1 amide bonds. The summed E-state index contributed by atoms with van der Waals surface area (Å²) in [7, 11) is 0. The minimum Gasteiger partial charge on any atom is -0.330 e. The minimum atomic E-state index is 0.0760. The van der Waals surface area contributed by atoms with Gasteiger partial charge in [-0.05, 0) is 18.9 Å². The first-order valence-corrected chi connectivity index (χ1v) is 9.09. The molecule has 1 atom stereocenters. The molecule has 0 spiro atoms. The van der Waals surface area contributed by atoms with Crippen molar-refractivity contribution >= 4 is 17.2 Å². The molecule has 1 aromatic carbocycles. The molecule has 1 unspecified atom stereocenters. The van der Waals surface area contributed by atoms with Crippen LogP contribution in [0.5, 0.6) is 0 Å². The van der Waals surface area contributed by atoms with Crippen LogP contribution in [0.25, 0.3) is 0 Å². The predicted molar refractivity (Wildman–Crippen MR) is 98.2 cm³/mol. The molecule has 0 radical (unpaired) electrons. The van der Waals surface area contributed by atoms with Gasteiger partial charge in [0, 0.05) is 32.2 Å². The lowest BCUT2D eigenvalue weighted by molar-refractivity contribution is 0.0711. The van der Waals surface area contributed by atoms with E-state index in [9.17, 15) is 4.79 Å². The molecule has 24 heavy (non-hydrogen) atoms. The van der Waals surface area contributed by atoms with Gasteiger partial charge in [-0.15, -0.1) is 17.9 Å². The van der Waals surface area contributed by atoms with Crippen LogP contribution in [-0.4, -0.2) is 46.4 Å². The van der Waals surface area contributed by atoms with E-state index in [-0.39, 0.29) is 11.9 Å². The number of carbonyl (C=O) groups excluding carboxylic acids is 1. The van der Waals surface area contributed by atoms with Crippen LogP contribution in [0, 0.1) is 6.92 Å². The molecule has 5 heteroatoms. The standard InChI is InChI=1S/C19H23N3OS/c1-3-10-22(19(23)18-12-20-15(2)24-18)17-9-11-21(14-17)13-16-7-5-4-6-8-16/h3-8,12,17H,1,9-11,13-14H2,2H3. The summed E-state index contributed by atoms with van der Waals surface area (Å²) in [5.41, 5.74) is 1.32. The Bertz CT molecular complexity index is 698. The second kappa shape index (κ2) is 7.73. The number of benzene rings is 1. The number of carbonyl (C=O) groups is 1. The third kappa shape index (κ3) is 3.91. The van der Waals surface area contributed by atoms with Crippen LogP contribution >= 0.6 is 11.3 Å². The van der Waals surface area contributed by atoms with Crippen molar-refractivity contribution in [1.29, 1.82) is 0 Å². The minimum absolute atomic E-state index is 0.0760. The fourth-order valence-electron chi connectivity index (χ4n) is 3.19. The Labute approximate surface area is 147 Å². The lowest BCUT2D eigenvalue weighted by Gasteiger charge is -2.27. The summed E-state index contributed by atoms with van der Waals surface area (Å²) >= 11 is 1.46. The van der Waals surface area contributed by atoms with E-state index in [1.54, 1.807) is 6.20 Å². The Kier molecular flexibility index (Phi) is 5.43. The summed E-state index contributed by atoms with van der Waals surface area (Å²) in [4.78, 5) is 22.1. The SMILES string of the molecule is C=CCN(C(=O)c1cnc(C)s1)C1CCN(Cc2ccccc2)C1. The first kappa shape index (κ1) is 16.9. The zero-order valence-electron chi connectivity index (χ0n) is 14.0. The number of hydrogen-bond acceptors (Lipinski definition) is 4. The van der Waals surface area contributed by atoms with Crippen molar-refractivity contribution in [3.8, 4) is 0 Å². The topological polar surface area (TPSA) is 36.4 Å². The van der Waals surface area contributed by atoms with Gasteiger partial charge in [-0.25, -0.2) is 4.98 Å². The number of rotatable bonds is 6. The highest BCUT2D eigenvalue weighted by Crippen LogP contribution is 2.22. The smallest absolute Gasteiger partial charge is 0.266 e. The zero-order chi connectivity index (χ0) is 16.9. The predicted octanol–water partition coefficient (Wildman–Crippen LogP) is 3.35. The first-order chi connectivity index (χ1) is 11.7. The largest absolute Gasteiger partial charge is 0.330 e. The second-order valence-electron chi connectivity index (χ2n) is 6.15. The maximum absolute atomic E-state index is 12.8. The van der Waals surface area contributed by atoms with E-state index in [0.29, 0.717) is 6.54 Å². The van der Waals surface area contributed by atoms with Crippen molar-refractivity contribution in [2.45, 2.75) is 25.9 Å². The summed E-state index contributed by atoms with van der Waals surface area (Å²) < 4.78 is 0. The highest BCUT2D eigenvalue weighted by molar-refractivity contribution is 7.13. The van der Waals surface area contributed by atoms with Crippen LogP contribution in [0.3, 0.4) is 0 Å². The van der Waals surface area contributed by atoms with E-state index < -0.39 is 0 Å². The Morgan fingerprint density at radius 3 is 2.92 bits per heavy atom. The van der Waals surface area contributed by atoms with E-state index in [1.807, 2.05) is 24.0 Å². The fourth-order valence-corrected chi connectivity index (χ4v) is 3.92. The van der Waals surface area contributed by atoms with E-state index in [4.69, 9.17) is 0 Å². The summed E-state index contributed by atoms with van der Waals surface area (Å²) in [5.74, 6) is 0.0760. The van der Waals surface area contributed by atoms with Gasteiger partial charge in [0.2, 0.25) is 0 Å². The monoisotopic (exact) mass is 341 g/mol. The van der Waals surface area contributed by atoms with Gasteiger partial charge in [-0.1, -0.05) is 36.4 Å². The summed E-state index contributed by atoms with van der Waals surface area (Å²) in [6, 6.07) is 10.7. The molecule has 3 rings (SSSR count). The number of aryl methyl sites for hydroxylation is 1. The molecular weight excluding hydrogens is 318 g/mol. The van der Waals surface area contributed by atoms with Gasteiger partial charge >= 0.3 is 0 Å². The molecule has 1 aromatic heterocycles. The van der Waals surface area contributed by atoms with Crippen molar-refractivity contribution in [2.24, 2.45) is 0 Å². The maximum atomic E-state index is 12.8. The lowest BCUT2D eigenvalue weighted by Crippen LogP contribution is -2.41. The number of aromatic nitrogens is 1. The molecule has 0 N–H and O–H groups in total. The van der Waals surface area contributed by atoms with Gasteiger partial charge in [0.15, 0.2) is 0 Å². The van der Waals surface area contributed by atoms with Gasteiger partial charge in [-0.3, -0.25) is 9.69 Å². The van der Waals surface area contributed by atoms with E-state index in [1.165, 1.54) is 16.9 Å². The van der Waals surface area contributed by atoms with Crippen molar-refractivity contribution in [3.05, 3.63) is 64.6 Å². The number of thiazole rings is 1. The Balaban J connectivity index is 1.66. The van der Waals surface area contributed by atoms with E-state index in [2.05, 4.69) is 40.7 Å². The average Bonchev–Trinajstić information content (AvgIpc) is 3.22. The van der Waals surface area contributed by atoms with Crippen LogP contribution in [0.1, 0.15) is 26.7 Å². The molecule has 4 nitrogen and oxygen atoms in total. The van der Waals surface area contributed by atoms with Crippen molar-refractivity contribution in [2.75, 3.05) is 19.6 Å². The zero-order valence-corrected chi connectivity index (χ0v) is 14.8. The molecule has 2 aromatic rings. The van der Waals surface area contributed by atoms with Gasteiger partial charge in [0.05, 0.1) is 11.2 Å². The Hall–Kier alpha value is -1.98. The lowest BCUT2D eigenvalue weighted by atomic mass is 10.2. The fraction of sp³-hybridized carbons (Fsp3) is 0.368. The number of likely N-dealkylation sites (tertiary alicyclic amines) is 1. The van der Waals surface area contributed by atoms with Crippen molar-refractivity contribution < 1.29 is 4.79 Å². The summed E-state index contributed by atoms with van der Waals surface area (Å²) in [5, 5.41) is 0.925. The van der Waals surface area contributed by atoms with E-state index >= 15 is 0 Å². The highest BCUT2D eigenvalue weighted by Gasteiger charge is 2.31. The molecule has 1 saturated heterocycles. The van der Waals surface area contributed by atoms with Gasteiger partial charge in [-0.2, -0.15) is 0 Å². The molecule has 126 valence electrons. The quantitative estimate of drug-likeness (QED) is 0.756. The molecule has 1 aliphatic heterocycles. The van der Waals surface area contributed by atoms with Gasteiger partial charge in [0.1, 0.15) is 4.88 Å².